The van der Waals surface area contributed by atoms with E-state index in [9.17, 15) is 5.26 Å². The molecule has 0 bridgehead atoms. The Hall–Kier alpha value is -2.91. The van der Waals surface area contributed by atoms with E-state index in [0.29, 0.717) is 23.4 Å². The summed E-state index contributed by atoms with van der Waals surface area (Å²) in [6.45, 7) is 10.9. The summed E-state index contributed by atoms with van der Waals surface area (Å²) in [6.07, 6.45) is 5.84. The van der Waals surface area contributed by atoms with E-state index in [1.165, 1.54) is 0 Å². The van der Waals surface area contributed by atoms with E-state index < -0.39 is 0 Å². The largest absolute Gasteiger partial charge is 0.353 e. The Balaban J connectivity index is 1.69. The minimum absolute atomic E-state index is 0.408. The van der Waals surface area contributed by atoms with Gasteiger partial charge in [-0.25, -0.2) is 9.97 Å². The van der Waals surface area contributed by atoms with Crippen LogP contribution in [0.15, 0.2) is 31.0 Å². The summed E-state index contributed by atoms with van der Waals surface area (Å²) in [4.78, 5) is 11.7. The fraction of sp³-hybridized carbons (Fsp3) is 0.435. The summed E-state index contributed by atoms with van der Waals surface area (Å²) < 4.78 is 0. The summed E-state index contributed by atoms with van der Waals surface area (Å²) >= 11 is 0. The molecule has 2 aromatic heterocycles. The molecule has 6 nitrogen and oxygen atoms in total. The van der Waals surface area contributed by atoms with Crippen LogP contribution in [0.5, 0.6) is 0 Å². The Morgan fingerprint density at radius 2 is 2.21 bits per heavy atom. The van der Waals surface area contributed by atoms with Crippen molar-refractivity contribution >= 4 is 23.4 Å². The van der Waals surface area contributed by atoms with Crippen molar-refractivity contribution in [3.8, 4) is 6.07 Å². The second-order valence-corrected chi connectivity index (χ2v) is 8.23. The van der Waals surface area contributed by atoms with Crippen LogP contribution in [0.1, 0.15) is 49.4 Å². The van der Waals surface area contributed by atoms with Gasteiger partial charge >= 0.3 is 0 Å². The highest BCUT2D eigenvalue weighted by molar-refractivity contribution is 5.69. The van der Waals surface area contributed by atoms with Crippen LogP contribution in [0.2, 0.25) is 0 Å². The Morgan fingerprint density at radius 3 is 2.90 bits per heavy atom. The normalized spacial score (nSPS) is 19.1. The highest BCUT2D eigenvalue weighted by atomic mass is 15.2. The van der Waals surface area contributed by atoms with Crippen LogP contribution in [-0.4, -0.2) is 35.6 Å². The molecule has 0 spiro atoms. The van der Waals surface area contributed by atoms with Gasteiger partial charge in [0.1, 0.15) is 17.7 Å². The lowest BCUT2D eigenvalue weighted by Crippen LogP contribution is -2.53. The van der Waals surface area contributed by atoms with Crippen LogP contribution in [0.4, 0.5) is 17.3 Å². The molecule has 29 heavy (non-hydrogen) atoms. The van der Waals surface area contributed by atoms with Crippen molar-refractivity contribution in [3.63, 3.8) is 0 Å². The van der Waals surface area contributed by atoms with Gasteiger partial charge in [0.15, 0.2) is 0 Å². The van der Waals surface area contributed by atoms with Gasteiger partial charge in [-0.1, -0.05) is 26.5 Å². The van der Waals surface area contributed by atoms with Gasteiger partial charge in [-0.15, -0.1) is 0 Å². The highest BCUT2D eigenvalue weighted by Gasteiger charge is 2.31. The van der Waals surface area contributed by atoms with E-state index in [1.54, 1.807) is 12.3 Å². The van der Waals surface area contributed by atoms with Crippen molar-refractivity contribution in [3.05, 3.63) is 47.8 Å². The number of nitriles is 1. The standard InChI is InChI=1S/C23H28N6/c1-4-16-7-8-26-21(11-16)27-19-12-18(13-24)23(28-22(19)17-5-6-17)29-10-9-25-20(14-29)15(2)3/h4,7-8,11-12,15,17,20,25H,1,5-6,9-10,14H2,2-3H3,(H,26,27). The Labute approximate surface area is 172 Å². The van der Waals surface area contributed by atoms with E-state index in [1.807, 2.05) is 18.2 Å². The van der Waals surface area contributed by atoms with Crippen molar-refractivity contribution in [2.24, 2.45) is 5.92 Å². The number of anilines is 3. The minimum atomic E-state index is 0.408. The minimum Gasteiger partial charge on any atom is -0.353 e. The van der Waals surface area contributed by atoms with E-state index in [-0.39, 0.29) is 0 Å². The molecule has 2 aromatic rings. The van der Waals surface area contributed by atoms with Gasteiger partial charge in [0.2, 0.25) is 0 Å². The Kier molecular flexibility index (Phi) is 5.50. The number of piperazine rings is 1. The average Bonchev–Trinajstić information content (AvgIpc) is 3.59. The summed E-state index contributed by atoms with van der Waals surface area (Å²) in [7, 11) is 0. The predicted octanol–water partition coefficient (Wildman–Crippen LogP) is 4.05. The van der Waals surface area contributed by atoms with E-state index >= 15 is 0 Å². The first-order chi connectivity index (χ1) is 14.1. The van der Waals surface area contributed by atoms with Crippen molar-refractivity contribution in [2.75, 3.05) is 29.9 Å². The second-order valence-electron chi connectivity index (χ2n) is 8.23. The zero-order valence-electron chi connectivity index (χ0n) is 17.2. The first-order valence-corrected chi connectivity index (χ1v) is 10.4. The summed E-state index contributed by atoms with van der Waals surface area (Å²) in [5.41, 5.74) is 3.55. The molecule has 1 unspecified atom stereocenters. The third kappa shape index (κ3) is 4.25. The molecule has 1 saturated heterocycles. The predicted molar refractivity (Wildman–Crippen MR) is 117 cm³/mol. The van der Waals surface area contributed by atoms with Crippen LogP contribution in [0.25, 0.3) is 6.08 Å². The van der Waals surface area contributed by atoms with Crippen LogP contribution in [0, 0.1) is 17.2 Å². The van der Waals surface area contributed by atoms with Gasteiger partial charge in [0, 0.05) is 37.8 Å². The van der Waals surface area contributed by atoms with E-state index in [0.717, 1.165) is 61.1 Å². The van der Waals surface area contributed by atoms with Crippen LogP contribution in [-0.2, 0) is 0 Å². The van der Waals surface area contributed by atoms with Crippen LogP contribution >= 0.6 is 0 Å². The monoisotopic (exact) mass is 388 g/mol. The maximum Gasteiger partial charge on any atom is 0.147 e. The number of hydrogen-bond acceptors (Lipinski definition) is 6. The molecule has 0 radical (unpaired) electrons. The second kappa shape index (κ2) is 8.22. The number of pyridine rings is 2. The molecule has 1 saturated carbocycles. The molecule has 4 rings (SSSR count). The number of nitrogens with zero attached hydrogens (tertiary/aromatic N) is 4. The number of rotatable bonds is 6. The topological polar surface area (TPSA) is 76.9 Å². The summed E-state index contributed by atoms with van der Waals surface area (Å²) in [5.74, 6) is 2.55. The fourth-order valence-electron chi connectivity index (χ4n) is 3.81. The first-order valence-electron chi connectivity index (χ1n) is 10.4. The molecule has 2 N–H and O–H groups in total. The van der Waals surface area contributed by atoms with Crippen LogP contribution < -0.4 is 15.5 Å². The molecule has 2 fully saturated rings. The molecule has 0 amide bonds. The fourth-order valence-corrected chi connectivity index (χ4v) is 3.81. The SMILES string of the molecule is C=Cc1ccnc(Nc2cc(C#N)c(N3CCNC(C(C)C)C3)nc2C2CC2)c1. The summed E-state index contributed by atoms with van der Waals surface area (Å²) in [5, 5.41) is 16.8. The van der Waals surface area contributed by atoms with Gasteiger partial charge in [-0.05, 0) is 42.5 Å². The first kappa shape index (κ1) is 19.4. The molecule has 2 aliphatic rings. The van der Waals surface area contributed by atoms with Crippen LogP contribution in [0.3, 0.4) is 0 Å². The molecule has 150 valence electrons. The van der Waals surface area contributed by atoms with Gasteiger partial charge in [0.25, 0.3) is 0 Å². The van der Waals surface area contributed by atoms with Gasteiger partial charge in [-0.2, -0.15) is 5.26 Å². The number of aromatic nitrogens is 2. The Morgan fingerprint density at radius 1 is 1.38 bits per heavy atom. The van der Waals surface area contributed by atoms with Crippen molar-refractivity contribution in [1.29, 1.82) is 5.26 Å². The third-order valence-electron chi connectivity index (χ3n) is 5.71. The van der Waals surface area contributed by atoms with E-state index in [2.05, 4.69) is 47.0 Å². The molecule has 3 heterocycles. The molecular weight excluding hydrogens is 360 g/mol. The molecule has 1 atom stereocenters. The highest BCUT2D eigenvalue weighted by Crippen LogP contribution is 2.44. The molecular formula is C23H28N6. The molecule has 0 aromatic carbocycles. The van der Waals surface area contributed by atoms with Crippen molar-refractivity contribution in [2.45, 2.75) is 38.6 Å². The van der Waals surface area contributed by atoms with Crippen molar-refractivity contribution in [1.82, 2.24) is 15.3 Å². The maximum atomic E-state index is 9.85. The lowest BCUT2D eigenvalue weighted by atomic mass is 10.0. The third-order valence-corrected chi connectivity index (χ3v) is 5.71. The van der Waals surface area contributed by atoms with E-state index in [4.69, 9.17) is 4.98 Å². The number of nitrogens with one attached hydrogen (secondary N) is 2. The zero-order valence-corrected chi connectivity index (χ0v) is 17.2. The molecule has 1 aliphatic carbocycles. The molecule has 6 heteroatoms. The van der Waals surface area contributed by atoms with Gasteiger partial charge in [0.05, 0.1) is 16.9 Å². The Bertz CT molecular complexity index is 941. The maximum absolute atomic E-state index is 9.85. The molecule has 1 aliphatic heterocycles. The average molecular weight is 389 g/mol. The summed E-state index contributed by atoms with van der Waals surface area (Å²) in [6, 6.07) is 8.59. The zero-order chi connectivity index (χ0) is 20.4. The lowest BCUT2D eigenvalue weighted by Gasteiger charge is -2.37. The number of hydrogen-bond donors (Lipinski definition) is 2. The smallest absolute Gasteiger partial charge is 0.147 e. The quantitative estimate of drug-likeness (QED) is 0.777. The van der Waals surface area contributed by atoms with Crippen molar-refractivity contribution < 1.29 is 0 Å². The van der Waals surface area contributed by atoms with Gasteiger partial charge in [-0.3, -0.25) is 0 Å². The van der Waals surface area contributed by atoms with Gasteiger partial charge < -0.3 is 15.5 Å². The lowest BCUT2D eigenvalue weighted by molar-refractivity contribution is 0.367.